The van der Waals surface area contributed by atoms with Gasteiger partial charge in [0.1, 0.15) is 4.60 Å². The molecule has 0 aliphatic rings. The van der Waals surface area contributed by atoms with Gasteiger partial charge in [0.2, 0.25) is 5.91 Å². The summed E-state index contributed by atoms with van der Waals surface area (Å²) in [4.78, 5) is 19.8. The number of carbonyl (C=O) groups excluding carboxylic acids is 1. The van der Waals surface area contributed by atoms with Crippen molar-refractivity contribution >= 4 is 38.3 Å². The lowest BCUT2D eigenvalue weighted by atomic mass is 10.4. The van der Waals surface area contributed by atoms with Crippen LogP contribution in [0, 0.1) is 0 Å². The first-order valence-electron chi connectivity index (χ1n) is 5.18. The zero-order valence-corrected chi connectivity index (χ0v) is 12.1. The van der Waals surface area contributed by atoms with Crippen LogP contribution in [-0.2, 0) is 4.79 Å². The minimum absolute atomic E-state index is 0.138. The van der Waals surface area contributed by atoms with Crippen LogP contribution in [0.25, 0.3) is 0 Å². The van der Waals surface area contributed by atoms with E-state index >= 15 is 0 Å². The Morgan fingerprint density at radius 2 is 2.12 bits per heavy atom. The van der Waals surface area contributed by atoms with E-state index in [1.165, 1.54) is 11.3 Å². The SMILES string of the molecule is CCN(CC)C(=O)CN(C)c1nc(Br)cs1. The normalized spacial score (nSPS) is 10.2. The van der Waals surface area contributed by atoms with E-state index in [-0.39, 0.29) is 5.91 Å². The highest BCUT2D eigenvalue weighted by atomic mass is 79.9. The van der Waals surface area contributed by atoms with E-state index in [0.717, 1.165) is 22.8 Å². The molecular formula is C10H16BrN3OS. The van der Waals surface area contributed by atoms with E-state index in [1.54, 1.807) is 0 Å². The number of rotatable bonds is 5. The van der Waals surface area contributed by atoms with Crippen molar-refractivity contribution in [1.82, 2.24) is 9.88 Å². The van der Waals surface area contributed by atoms with Crippen molar-refractivity contribution < 1.29 is 4.79 Å². The highest BCUT2D eigenvalue weighted by Crippen LogP contribution is 2.22. The average molecular weight is 306 g/mol. The Labute approximate surface area is 108 Å². The molecule has 0 unspecified atom stereocenters. The number of thiazole rings is 1. The molecule has 1 aromatic heterocycles. The molecule has 6 heteroatoms. The molecule has 16 heavy (non-hydrogen) atoms. The number of aromatic nitrogens is 1. The van der Waals surface area contributed by atoms with Crippen molar-refractivity contribution in [2.75, 3.05) is 31.6 Å². The van der Waals surface area contributed by atoms with Crippen LogP contribution in [0.15, 0.2) is 9.98 Å². The Bertz CT molecular complexity index is 352. The summed E-state index contributed by atoms with van der Waals surface area (Å²) in [6, 6.07) is 0. The predicted molar refractivity (Wildman–Crippen MR) is 71.0 cm³/mol. The summed E-state index contributed by atoms with van der Waals surface area (Å²) < 4.78 is 0.814. The molecule has 90 valence electrons. The number of likely N-dealkylation sites (N-methyl/N-ethyl adjacent to an activating group) is 2. The van der Waals surface area contributed by atoms with E-state index in [2.05, 4.69) is 20.9 Å². The first-order chi connectivity index (χ1) is 7.58. The number of hydrogen-bond acceptors (Lipinski definition) is 4. The highest BCUT2D eigenvalue weighted by Gasteiger charge is 2.14. The molecule has 0 saturated heterocycles. The van der Waals surface area contributed by atoms with Gasteiger partial charge < -0.3 is 9.80 Å². The topological polar surface area (TPSA) is 36.4 Å². The summed E-state index contributed by atoms with van der Waals surface area (Å²) in [5.74, 6) is 0.138. The summed E-state index contributed by atoms with van der Waals surface area (Å²) in [5.41, 5.74) is 0. The second-order valence-corrected chi connectivity index (χ2v) is 5.02. The number of hydrogen-bond donors (Lipinski definition) is 0. The van der Waals surface area contributed by atoms with Crippen LogP contribution in [0.4, 0.5) is 5.13 Å². The molecule has 0 aromatic carbocycles. The van der Waals surface area contributed by atoms with Gasteiger partial charge in [-0.1, -0.05) is 0 Å². The highest BCUT2D eigenvalue weighted by molar-refractivity contribution is 9.10. The molecule has 0 saturated carbocycles. The molecule has 0 atom stereocenters. The molecule has 0 aliphatic carbocycles. The van der Waals surface area contributed by atoms with Crippen molar-refractivity contribution in [3.05, 3.63) is 9.98 Å². The molecule has 0 radical (unpaired) electrons. The lowest BCUT2D eigenvalue weighted by Crippen LogP contribution is -2.38. The fraction of sp³-hybridized carbons (Fsp3) is 0.600. The third-order valence-electron chi connectivity index (χ3n) is 2.28. The average Bonchev–Trinajstić information content (AvgIpc) is 2.66. The third-order valence-corrected chi connectivity index (χ3v) is 3.94. The summed E-state index contributed by atoms with van der Waals surface area (Å²) in [5, 5.41) is 2.76. The Hall–Kier alpha value is -0.620. The largest absolute Gasteiger partial charge is 0.342 e. The molecule has 0 N–H and O–H groups in total. The molecular weight excluding hydrogens is 290 g/mol. The Balaban J connectivity index is 2.57. The van der Waals surface area contributed by atoms with Crippen LogP contribution >= 0.6 is 27.3 Å². The van der Waals surface area contributed by atoms with Crippen molar-refractivity contribution in [3.8, 4) is 0 Å². The summed E-state index contributed by atoms with van der Waals surface area (Å²) in [6.07, 6.45) is 0. The molecule has 1 aromatic rings. The van der Waals surface area contributed by atoms with E-state index in [9.17, 15) is 4.79 Å². The molecule has 4 nitrogen and oxygen atoms in total. The van der Waals surface area contributed by atoms with Gasteiger partial charge in [0.15, 0.2) is 5.13 Å². The van der Waals surface area contributed by atoms with Gasteiger partial charge in [-0.3, -0.25) is 4.79 Å². The van der Waals surface area contributed by atoms with E-state index < -0.39 is 0 Å². The minimum Gasteiger partial charge on any atom is -0.342 e. The van der Waals surface area contributed by atoms with E-state index in [0.29, 0.717) is 6.54 Å². The first-order valence-corrected chi connectivity index (χ1v) is 6.85. The summed E-state index contributed by atoms with van der Waals surface area (Å²) in [6.45, 7) is 5.86. The van der Waals surface area contributed by atoms with Gasteiger partial charge >= 0.3 is 0 Å². The lowest BCUT2D eigenvalue weighted by molar-refractivity contribution is -0.129. The Morgan fingerprint density at radius 3 is 2.56 bits per heavy atom. The molecule has 1 heterocycles. The number of amides is 1. The second-order valence-electron chi connectivity index (χ2n) is 3.37. The lowest BCUT2D eigenvalue weighted by Gasteiger charge is -2.22. The van der Waals surface area contributed by atoms with Crippen molar-refractivity contribution in [2.45, 2.75) is 13.8 Å². The van der Waals surface area contributed by atoms with Crippen LogP contribution < -0.4 is 4.90 Å². The van der Waals surface area contributed by atoms with Gasteiger partial charge in [-0.05, 0) is 29.8 Å². The molecule has 0 bridgehead atoms. The quantitative estimate of drug-likeness (QED) is 0.837. The predicted octanol–water partition coefficient (Wildman–Crippen LogP) is 2.21. The molecule has 1 rings (SSSR count). The number of carbonyl (C=O) groups is 1. The van der Waals surface area contributed by atoms with Crippen LogP contribution in [0.1, 0.15) is 13.8 Å². The van der Waals surface area contributed by atoms with Gasteiger partial charge in [-0.2, -0.15) is 0 Å². The van der Waals surface area contributed by atoms with E-state index in [1.807, 2.05) is 36.1 Å². The summed E-state index contributed by atoms with van der Waals surface area (Å²) >= 11 is 4.82. The minimum atomic E-state index is 0.138. The van der Waals surface area contributed by atoms with Gasteiger partial charge in [0.25, 0.3) is 0 Å². The summed E-state index contributed by atoms with van der Waals surface area (Å²) in [7, 11) is 1.88. The Morgan fingerprint density at radius 1 is 1.50 bits per heavy atom. The maximum Gasteiger partial charge on any atom is 0.242 e. The zero-order chi connectivity index (χ0) is 12.1. The molecule has 0 spiro atoms. The monoisotopic (exact) mass is 305 g/mol. The fourth-order valence-electron chi connectivity index (χ4n) is 1.37. The van der Waals surface area contributed by atoms with Crippen LogP contribution in [0.3, 0.4) is 0 Å². The number of halogens is 1. The van der Waals surface area contributed by atoms with E-state index in [4.69, 9.17) is 0 Å². The number of anilines is 1. The van der Waals surface area contributed by atoms with Crippen LogP contribution in [-0.4, -0.2) is 42.5 Å². The molecule has 0 fully saturated rings. The Kier molecular flexibility index (Phi) is 5.21. The van der Waals surface area contributed by atoms with Gasteiger partial charge in [-0.15, -0.1) is 11.3 Å². The van der Waals surface area contributed by atoms with Gasteiger partial charge in [0, 0.05) is 25.5 Å². The second kappa shape index (κ2) is 6.20. The number of nitrogens with zero attached hydrogens (tertiary/aromatic N) is 3. The maximum atomic E-state index is 11.8. The zero-order valence-electron chi connectivity index (χ0n) is 9.73. The third kappa shape index (κ3) is 3.45. The van der Waals surface area contributed by atoms with Crippen LogP contribution in [0.2, 0.25) is 0 Å². The van der Waals surface area contributed by atoms with Crippen molar-refractivity contribution in [1.29, 1.82) is 0 Å². The molecule has 0 aliphatic heterocycles. The first kappa shape index (κ1) is 13.4. The van der Waals surface area contributed by atoms with Crippen molar-refractivity contribution in [3.63, 3.8) is 0 Å². The fourth-order valence-corrected chi connectivity index (χ4v) is 2.58. The van der Waals surface area contributed by atoms with Crippen LogP contribution in [0.5, 0.6) is 0 Å². The van der Waals surface area contributed by atoms with Gasteiger partial charge in [-0.25, -0.2) is 4.98 Å². The van der Waals surface area contributed by atoms with Crippen molar-refractivity contribution in [2.24, 2.45) is 0 Å². The molecule has 1 amide bonds. The van der Waals surface area contributed by atoms with Gasteiger partial charge in [0.05, 0.1) is 6.54 Å². The maximum absolute atomic E-state index is 11.8. The standard InChI is InChI=1S/C10H16BrN3OS/c1-4-14(5-2)9(15)6-13(3)10-12-8(11)7-16-10/h7H,4-6H2,1-3H3. The smallest absolute Gasteiger partial charge is 0.242 e.